The first-order valence-electron chi connectivity index (χ1n) is 8.60. The molecule has 7 nitrogen and oxygen atoms in total. The molecule has 26 heavy (non-hydrogen) atoms. The van der Waals surface area contributed by atoms with Gasteiger partial charge < -0.3 is 14.6 Å². The van der Waals surface area contributed by atoms with E-state index >= 15 is 0 Å². The number of para-hydroxylation sites is 1. The van der Waals surface area contributed by atoms with Gasteiger partial charge in [-0.1, -0.05) is 18.2 Å². The quantitative estimate of drug-likeness (QED) is 0.583. The molecule has 0 atom stereocenters. The number of hydrogen-bond acceptors (Lipinski definition) is 4. The van der Waals surface area contributed by atoms with Crippen LogP contribution in [0.4, 0.5) is 0 Å². The highest BCUT2D eigenvalue weighted by Crippen LogP contribution is 2.26. The Morgan fingerprint density at radius 2 is 1.92 bits per heavy atom. The monoisotopic (exact) mass is 347 g/mol. The second-order valence-corrected chi connectivity index (χ2v) is 6.34. The zero-order valence-corrected chi connectivity index (χ0v) is 14.0. The first kappa shape index (κ1) is 15.1. The van der Waals surface area contributed by atoms with E-state index in [0.717, 1.165) is 27.6 Å². The van der Waals surface area contributed by atoms with Gasteiger partial charge in [-0.25, -0.2) is 4.98 Å². The number of hydrogen-bond donors (Lipinski definition) is 2. The van der Waals surface area contributed by atoms with Crippen LogP contribution in [0.1, 0.15) is 10.4 Å². The number of nitrogens with one attached hydrogen (secondary N) is 2. The van der Waals surface area contributed by atoms with Gasteiger partial charge in [0.15, 0.2) is 5.82 Å². The highest BCUT2D eigenvalue weighted by Gasteiger charge is 2.19. The number of imidazole rings is 1. The van der Waals surface area contributed by atoms with Crippen molar-refractivity contribution in [1.82, 2.24) is 25.1 Å². The summed E-state index contributed by atoms with van der Waals surface area (Å²) in [5, 5.41) is 8.42. The summed E-state index contributed by atoms with van der Waals surface area (Å²) < 4.78 is 5.32. The van der Waals surface area contributed by atoms with E-state index in [1.165, 1.54) is 0 Å². The third kappa shape index (κ3) is 2.44. The fourth-order valence-corrected chi connectivity index (χ4v) is 3.35. The Bertz CT molecular complexity index is 1110. The number of H-pyrrole nitrogens is 2. The topological polar surface area (TPSA) is 86.9 Å². The van der Waals surface area contributed by atoms with Crippen LogP contribution < -0.4 is 0 Å². The van der Waals surface area contributed by atoms with Crippen molar-refractivity contribution >= 4 is 27.8 Å². The molecule has 1 amide bonds. The Hall–Kier alpha value is -3.19. The summed E-state index contributed by atoms with van der Waals surface area (Å²) >= 11 is 0. The normalized spacial score (nSPS) is 15.0. The van der Waals surface area contributed by atoms with E-state index in [-0.39, 0.29) is 5.91 Å². The molecule has 7 heteroatoms. The maximum atomic E-state index is 12.7. The molecule has 4 aromatic rings. The minimum atomic E-state index is 0.0246. The average Bonchev–Trinajstić information content (AvgIpc) is 3.31. The van der Waals surface area contributed by atoms with Gasteiger partial charge in [-0.3, -0.25) is 9.89 Å². The lowest BCUT2D eigenvalue weighted by Crippen LogP contribution is -2.40. The molecule has 0 bridgehead atoms. The molecule has 2 aromatic heterocycles. The number of rotatable bonds is 2. The van der Waals surface area contributed by atoms with Crippen LogP contribution in [-0.4, -0.2) is 57.3 Å². The van der Waals surface area contributed by atoms with E-state index in [0.29, 0.717) is 37.7 Å². The van der Waals surface area contributed by atoms with Crippen LogP contribution in [0.5, 0.6) is 0 Å². The van der Waals surface area contributed by atoms with Crippen LogP contribution >= 0.6 is 0 Å². The fraction of sp³-hybridized carbons (Fsp3) is 0.211. The SMILES string of the molecule is O=C(c1ccc2nc(-c3n[nH]c4ccccc34)[nH]c2c1)N1CCOCC1. The lowest BCUT2D eigenvalue weighted by Gasteiger charge is -2.26. The summed E-state index contributed by atoms with van der Waals surface area (Å²) in [5.74, 6) is 0.713. The van der Waals surface area contributed by atoms with Crippen molar-refractivity contribution in [2.75, 3.05) is 26.3 Å². The molecule has 0 unspecified atom stereocenters. The first-order valence-corrected chi connectivity index (χ1v) is 8.60. The van der Waals surface area contributed by atoms with Gasteiger partial charge in [-0.05, 0) is 24.3 Å². The third-order valence-electron chi connectivity index (χ3n) is 4.72. The van der Waals surface area contributed by atoms with Crippen LogP contribution in [0.25, 0.3) is 33.5 Å². The number of carbonyl (C=O) groups is 1. The molecule has 5 rings (SSSR count). The molecule has 3 heterocycles. The van der Waals surface area contributed by atoms with E-state index in [2.05, 4.69) is 20.2 Å². The highest BCUT2D eigenvalue weighted by molar-refractivity contribution is 5.98. The molecule has 2 aromatic carbocycles. The van der Waals surface area contributed by atoms with E-state index in [1.54, 1.807) is 0 Å². The third-order valence-corrected chi connectivity index (χ3v) is 4.72. The summed E-state index contributed by atoms with van der Waals surface area (Å²) in [4.78, 5) is 22.4. The van der Waals surface area contributed by atoms with Crippen molar-refractivity contribution in [3.63, 3.8) is 0 Å². The van der Waals surface area contributed by atoms with Crippen molar-refractivity contribution in [3.8, 4) is 11.5 Å². The van der Waals surface area contributed by atoms with Crippen molar-refractivity contribution in [2.24, 2.45) is 0 Å². The van der Waals surface area contributed by atoms with Gasteiger partial charge in [0.05, 0.1) is 29.8 Å². The maximum Gasteiger partial charge on any atom is 0.254 e. The van der Waals surface area contributed by atoms with Crippen molar-refractivity contribution in [2.45, 2.75) is 0 Å². The predicted octanol–water partition coefficient (Wildman–Crippen LogP) is 2.58. The van der Waals surface area contributed by atoms with Crippen molar-refractivity contribution in [1.29, 1.82) is 0 Å². The molecular formula is C19H17N5O2. The van der Waals surface area contributed by atoms with E-state index < -0.39 is 0 Å². The molecule has 1 aliphatic rings. The summed E-state index contributed by atoms with van der Waals surface area (Å²) in [7, 11) is 0. The number of carbonyl (C=O) groups excluding carboxylic acids is 1. The van der Waals surface area contributed by atoms with Gasteiger partial charge in [-0.2, -0.15) is 5.10 Å². The van der Waals surface area contributed by atoms with Gasteiger partial charge in [0.25, 0.3) is 5.91 Å². The number of aromatic amines is 2. The molecule has 1 saturated heterocycles. The van der Waals surface area contributed by atoms with Crippen LogP contribution in [0, 0.1) is 0 Å². The zero-order valence-electron chi connectivity index (χ0n) is 14.0. The summed E-state index contributed by atoms with van der Waals surface area (Å²) in [6.45, 7) is 2.44. The van der Waals surface area contributed by atoms with Crippen LogP contribution in [0.15, 0.2) is 42.5 Å². The lowest BCUT2D eigenvalue weighted by atomic mass is 10.1. The molecule has 2 N–H and O–H groups in total. The Balaban J connectivity index is 1.53. The summed E-state index contributed by atoms with van der Waals surface area (Å²) in [6, 6.07) is 13.5. The average molecular weight is 347 g/mol. The molecule has 0 spiro atoms. The Morgan fingerprint density at radius 1 is 1.08 bits per heavy atom. The second-order valence-electron chi connectivity index (χ2n) is 6.34. The highest BCUT2D eigenvalue weighted by atomic mass is 16.5. The summed E-state index contributed by atoms with van der Waals surface area (Å²) in [5.41, 5.74) is 4.03. The molecule has 0 saturated carbocycles. The molecule has 0 radical (unpaired) electrons. The van der Waals surface area contributed by atoms with Gasteiger partial charge >= 0.3 is 0 Å². The van der Waals surface area contributed by atoms with Crippen LogP contribution in [-0.2, 0) is 4.74 Å². The van der Waals surface area contributed by atoms with Gasteiger partial charge in [0.2, 0.25) is 0 Å². The van der Waals surface area contributed by atoms with E-state index in [9.17, 15) is 4.79 Å². The number of nitrogens with zero attached hydrogens (tertiary/aromatic N) is 3. The Kier molecular flexibility index (Phi) is 3.46. The number of ether oxygens (including phenoxy) is 1. The molecule has 130 valence electrons. The number of aromatic nitrogens is 4. The Morgan fingerprint density at radius 3 is 2.81 bits per heavy atom. The van der Waals surface area contributed by atoms with E-state index in [1.807, 2.05) is 47.4 Å². The largest absolute Gasteiger partial charge is 0.378 e. The van der Waals surface area contributed by atoms with Crippen molar-refractivity contribution < 1.29 is 9.53 Å². The second kappa shape index (κ2) is 5.96. The molecular weight excluding hydrogens is 330 g/mol. The number of fused-ring (bicyclic) bond motifs is 2. The number of morpholine rings is 1. The minimum Gasteiger partial charge on any atom is -0.378 e. The Labute approximate surface area is 149 Å². The fourth-order valence-electron chi connectivity index (χ4n) is 3.35. The van der Waals surface area contributed by atoms with Crippen LogP contribution in [0.2, 0.25) is 0 Å². The first-order chi connectivity index (χ1) is 12.8. The maximum absolute atomic E-state index is 12.7. The molecule has 1 aliphatic heterocycles. The molecule has 1 fully saturated rings. The number of amides is 1. The predicted molar refractivity (Wildman–Crippen MR) is 97.9 cm³/mol. The minimum absolute atomic E-state index is 0.0246. The van der Waals surface area contributed by atoms with Gasteiger partial charge in [-0.15, -0.1) is 0 Å². The van der Waals surface area contributed by atoms with Crippen LogP contribution in [0.3, 0.4) is 0 Å². The van der Waals surface area contributed by atoms with Gasteiger partial charge in [0, 0.05) is 24.0 Å². The van der Waals surface area contributed by atoms with E-state index in [4.69, 9.17) is 4.74 Å². The zero-order chi connectivity index (χ0) is 17.5. The van der Waals surface area contributed by atoms with Crippen molar-refractivity contribution in [3.05, 3.63) is 48.0 Å². The number of benzene rings is 2. The molecule has 0 aliphatic carbocycles. The van der Waals surface area contributed by atoms with Gasteiger partial charge in [0.1, 0.15) is 5.69 Å². The summed E-state index contributed by atoms with van der Waals surface area (Å²) in [6.07, 6.45) is 0. The standard InChI is InChI=1S/C19H17N5O2/c25-19(24-7-9-26-10-8-24)12-5-6-15-16(11-12)21-18(20-15)17-13-3-1-2-4-14(13)22-23-17/h1-6,11H,7-10H2,(H,20,21)(H,22,23). The smallest absolute Gasteiger partial charge is 0.254 e. The lowest BCUT2D eigenvalue weighted by molar-refractivity contribution is 0.0303.